The number of fused-ring (bicyclic) bond motifs is 1. The summed E-state index contributed by atoms with van der Waals surface area (Å²) in [5, 5.41) is 0. The van der Waals surface area contributed by atoms with Crippen molar-refractivity contribution >= 4 is 11.0 Å². The average Bonchev–Trinajstić information content (AvgIpc) is 2.74. The molecule has 0 atom stereocenters. The van der Waals surface area contributed by atoms with Crippen molar-refractivity contribution in [1.29, 1.82) is 0 Å². The van der Waals surface area contributed by atoms with Crippen LogP contribution in [0.4, 0.5) is 0 Å². The quantitative estimate of drug-likeness (QED) is 0.633. The first-order valence-electron chi connectivity index (χ1n) is 4.93. The van der Waals surface area contributed by atoms with Crippen molar-refractivity contribution in [2.75, 3.05) is 0 Å². The van der Waals surface area contributed by atoms with Crippen LogP contribution in [0.2, 0.25) is 0 Å². The number of H-pyrrole nitrogens is 1. The number of pyridine rings is 1. The molecule has 2 heterocycles. The Labute approximate surface area is 87.6 Å². The van der Waals surface area contributed by atoms with Crippen molar-refractivity contribution < 1.29 is 0 Å². The third-order valence-electron chi connectivity index (χ3n) is 2.52. The van der Waals surface area contributed by atoms with Gasteiger partial charge in [-0.25, -0.2) is 0 Å². The van der Waals surface area contributed by atoms with Crippen molar-refractivity contribution in [3.05, 3.63) is 54.9 Å². The molecule has 2 heteroatoms. The molecular formula is C13H10N2. The van der Waals surface area contributed by atoms with Crippen LogP contribution in [0.15, 0.2) is 54.9 Å². The van der Waals surface area contributed by atoms with Gasteiger partial charge in [0.05, 0.1) is 11.0 Å². The molecular weight excluding hydrogens is 184 g/mol. The molecule has 0 aliphatic carbocycles. The van der Waals surface area contributed by atoms with Crippen LogP contribution in [0.25, 0.3) is 22.2 Å². The molecule has 0 aliphatic heterocycles. The number of aromatic amines is 1. The molecule has 0 amide bonds. The van der Waals surface area contributed by atoms with Gasteiger partial charge in [-0.15, -0.1) is 0 Å². The molecule has 0 aliphatic rings. The summed E-state index contributed by atoms with van der Waals surface area (Å²) in [6.45, 7) is 0. The first-order valence-corrected chi connectivity index (χ1v) is 4.93. The van der Waals surface area contributed by atoms with Gasteiger partial charge in [-0.2, -0.15) is 0 Å². The molecule has 0 saturated heterocycles. The van der Waals surface area contributed by atoms with Crippen molar-refractivity contribution in [1.82, 2.24) is 9.97 Å². The SMILES string of the molecule is c1ccc(-c2c[nH]c3cccnc23)cc1. The Kier molecular flexibility index (Phi) is 1.78. The van der Waals surface area contributed by atoms with E-state index in [2.05, 4.69) is 22.1 Å². The fourth-order valence-electron chi connectivity index (χ4n) is 1.79. The Morgan fingerprint density at radius 2 is 1.80 bits per heavy atom. The molecule has 0 spiro atoms. The van der Waals surface area contributed by atoms with Gasteiger partial charge in [0.15, 0.2) is 0 Å². The van der Waals surface area contributed by atoms with E-state index in [0.29, 0.717) is 0 Å². The highest BCUT2D eigenvalue weighted by Crippen LogP contribution is 2.26. The van der Waals surface area contributed by atoms with E-state index in [1.165, 1.54) is 5.56 Å². The predicted molar refractivity (Wildman–Crippen MR) is 61.5 cm³/mol. The summed E-state index contributed by atoms with van der Waals surface area (Å²) in [6.07, 6.45) is 3.83. The number of rotatable bonds is 1. The minimum Gasteiger partial charge on any atom is -0.359 e. The van der Waals surface area contributed by atoms with Gasteiger partial charge in [0.1, 0.15) is 0 Å². The van der Waals surface area contributed by atoms with Gasteiger partial charge in [0.25, 0.3) is 0 Å². The van der Waals surface area contributed by atoms with Crippen molar-refractivity contribution in [3.8, 4) is 11.1 Å². The number of nitrogens with one attached hydrogen (secondary N) is 1. The third kappa shape index (κ3) is 1.31. The second-order valence-electron chi connectivity index (χ2n) is 3.47. The number of benzene rings is 1. The maximum Gasteiger partial charge on any atom is 0.0957 e. The zero-order valence-corrected chi connectivity index (χ0v) is 8.14. The van der Waals surface area contributed by atoms with Gasteiger partial charge < -0.3 is 4.98 Å². The van der Waals surface area contributed by atoms with Crippen molar-refractivity contribution in [2.24, 2.45) is 0 Å². The Bertz CT molecular complexity index is 582. The summed E-state index contributed by atoms with van der Waals surface area (Å²) >= 11 is 0. The number of nitrogens with zero attached hydrogens (tertiary/aromatic N) is 1. The largest absolute Gasteiger partial charge is 0.359 e. The molecule has 2 aromatic heterocycles. The van der Waals surface area contributed by atoms with Gasteiger partial charge >= 0.3 is 0 Å². The first-order chi connectivity index (χ1) is 7.45. The molecule has 1 N–H and O–H groups in total. The predicted octanol–water partition coefficient (Wildman–Crippen LogP) is 3.23. The van der Waals surface area contributed by atoms with Gasteiger partial charge in [-0.3, -0.25) is 4.98 Å². The number of hydrogen-bond acceptors (Lipinski definition) is 1. The summed E-state index contributed by atoms with van der Waals surface area (Å²) in [5.74, 6) is 0. The normalized spacial score (nSPS) is 10.7. The Hall–Kier alpha value is -2.09. The van der Waals surface area contributed by atoms with E-state index in [4.69, 9.17) is 0 Å². The lowest BCUT2D eigenvalue weighted by Crippen LogP contribution is -1.76. The fraction of sp³-hybridized carbons (Fsp3) is 0. The molecule has 0 fully saturated rings. The monoisotopic (exact) mass is 194 g/mol. The van der Waals surface area contributed by atoms with Gasteiger partial charge in [0, 0.05) is 18.0 Å². The summed E-state index contributed by atoms with van der Waals surface area (Å²) in [4.78, 5) is 7.61. The van der Waals surface area contributed by atoms with Crippen LogP contribution in [0.1, 0.15) is 0 Å². The lowest BCUT2D eigenvalue weighted by atomic mass is 10.1. The summed E-state index contributed by atoms with van der Waals surface area (Å²) in [5.41, 5.74) is 4.47. The molecule has 1 aromatic carbocycles. The van der Waals surface area contributed by atoms with Crippen molar-refractivity contribution in [2.45, 2.75) is 0 Å². The van der Waals surface area contributed by atoms with Crippen molar-refractivity contribution in [3.63, 3.8) is 0 Å². The van der Waals surface area contributed by atoms with E-state index in [-0.39, 0.29) is 0 Å². The zero-order valence-electron chi connectivity index (χ0n) is 8.14. The molecule has 0 bridgehead atoms. The molecule has 72 valence electrons. The number of aromatic nitrogens is 2. The van der Waals surface area contributed by atoms with Crippen LogP contribution in [-0.4, -0.2) is 9.97 Å². The average molecular weight is 194 g/mol. The van der Waals surface area contributed by atoms with E-state index in [1.54, 1.807) is 0 Å². The highest BCUT2D eigenvalue weighted by Gasteiger charge is 2.05. The molecule has 2 nitrogen and oxygen atoms in total. The highest BCUT2D eigenvalue weighted by atomic mass is 14.8. The minimum atomic E-state index is 1.03. The van der Waals surface area contributed by atoms with E-state index in [0.717, 1.165) is 16.6 Å². The second-order valence-corrected chi connectivity index (χ2v) is 3.47. The van der Waals surface area contributed by atoms with Crippen LogP contribution in [0, 0.1) is 0 Å². The van der Waals surface area contributed by atoms with Crippen LogP contribution in [0.3, 0.4) is 0 Å². The summed E-state index contributed by atoms with van der Waals surface area (Å²) in [6, 6.07) is 14.3. The third-order valence-corrected chi connectivity index (χ3v) is 2.52. The Morgan fingerprint density at radius 3 is 2.67 bits per heavy atom. The lowest BCUT2D eigenvalue weighted by Gasteiger charge is -1.97. The molecule has 0 radical (unpaired) electrons. The Balaban J connectivity index is 2.28. The van der Waals surface area contributed by atoms with Gasteiger partial charge in [-0.05, 0) is 17.7 Å². The standard InChI is InChI=1S/C13H10N2/c1-2-5-10(6-3-1)11-9-15-12-7-4-8-14-13(11)12/h1-9,15H. The van der Waals surface area contributed by atoms with Gasteiger partial charge in [-0.1, -0.05) is 30.3 Å². The number of hydrogen-bond donors (Lipinski definition) is 1. The summed E-state index contributed by atoms with van der Waals surface area (Å²) < 4.78 is 0. The second kappa shape index (κ2) is 3.24. The summed E-state index contributed by atoms with van der Waals surface area (Å²) in [7, 11) is 0. The molecule has 3 rings (SSSR count). The molecule has 0 saturated carbocycles. The topological polar surface area (TPSA) is 28.7 Å². The fourth-order valence-corrected chi connectivity index (χ4v) is 1.79. The smallest absolute Gasteiger partial charge is 0.0957 e. The maximum absolute atomic E-state index is 4.39. The van der Waals surface area contributed by atoms with E-state index >= 15 is 0 Å². The molecule has 3 aromatic rings. The van der Waals surface area contributed by atoms with Gasteiger partial charge in [0.2, 0.25) is 0 Å². The lowest BCUT2D eigenvalue weighted by molar-refractivity contribution is 1.41. The van der Waals surface area contributed by atoms with E-state index < -0.39 is 0 Å². The van der Waals surface area contributed by atoms with E-state index in [9.17, 15) is 0 Å². The maximum atomic E-state index is 4.39. The zero-order chi connectivity index (χ0) is 10.1. The molecule has 15 heavy (non-hydrogen) atoms. The minimum absolute atomic E-state index is 1.03. The molecule has 0 unspecified atom stereocenters. The van der Waals surface area contributed by atoms with Crippen LogP contribution < -0.4 is 0 Å². The Morgan fingerprint density at radius 1 is 0.933 bits per heavy atom. The first kappa shape index (κ1) is 8.24. The van der Waals surface area contributed by atoms with Crippen LogP contribution in [0.5, 0.6) is 0 Å². The van der Waals surface area contributed by atoms with Crippen LogP contribution >= 0.6 is 0 Å². The van der Waals surface area contributed by atoms with Crippen LogP contribution in [-0.2, 0) is 0 Å². The highest BCUT2D eigenvalue weighted by molar-refractivity contribution is 5.92. The van der Waals surface area contributed by atoms with E-state index in [1.807, 2.05) is 42.7 Å².